The number of hydrogen-bond donors (Lipinski definition) is 0. The van der Waals surface area contributed by atoms with Crippen LogP contribution in [0.4, 0.5) is 0 Å². The van der Waals surface area contributed by atoms with Crippen LogP contribution in [0.2, 0.25) is 0 Å². The minimum Gasteiger partial charge on any atom is -0.497 e. The fourth-order valence-electron chi connectivity index (χ4n) is 4.70. The van der Waals surface area contributed by atoms with Gasteiger partial charge in [0.15, 0.2) is 0 Å². The topological polar surface area (TPSA) is 73.7 Å². The largest absolute Gasteiger partial charge is 0.497 e. The predicted molar refractivity (Wildman–Crippen MR) is 134 cm³/mol. The van der Waals surface area contributed by atoms with E-state index in [1.165, 1.54) is 0 Å². The lowest BCUT2D eigenvalue weighted by Crippen LogP contribution is -2.49. The molecule has 0 radical (unpaired) electrons. The van der Waals surface area contributed by atoms with Crippen molar-refractivity contribution in [3.8, 4) is 17.2 Å². The molecule has 5 rings (SSSR count). The third kappa shape index (κ3) is 4.34. The van der Waals surface area contributed by atoms with Crippen molar-refractivity contribution in [1.82, 2.24) is 14.5 Å². The van der Waals surface area contributed by atoms with Gasteiger partial charge in [-0.1, -0.05) is 18.2 Å². The zero-order valence-electron chi connectivity index (χ0n) is 20.3. The van der Waals surface area contributed by atoms with Crippen molar-refractivity contribution in [2.24, 2.45) is 0 Å². The normalized spacial score (nSPS) is 14.3. The monoisotopic (exact) mass is 471 g/mol. The molecule has 2 aliphatic rings. The molecule has 7 nitrogen and oxygen atoms in total. The van der Waals surface area contributed by atoms with Crippen molar-refractivity contribution in [2.75, 3.05) is 13.7 Å². The fraction of sp³-hybridized carbons (Fsp3) is 0.321. The summed E-state index contributed by atoms with van der Waals surface area (Å²) in [6, 6.07) is 13.0. The minimum absolute atomic E-state index is 0.0228. The molecule has 0 N–H and O–H groups in total. The van der Waals surface area contributed by atoms with Crippen LogP contribution in [0.15, 0.2) is 47.3 Å². The number of amides is 1. The van der Waals surface area contributed by atoms with E-state index in [1.807, 2.05) is 68.5 Å². The van der Waals surface area contributed by atoms with E-state index in [1.54, 1.807) is 16.6 Å². The molecular formula is C28H29N3O4. The molecule has 180 valence electrons. The van der Waals surface area contributed by atoms with Gasteiger partial charge < -0.3 is 14.4 Å². The van der Waals surface area contributed by atoms with Crippen molar-refractivity contribution >= 4 is 18.1 Å². The second kappa shape index (κ2) is 9.41. The van der Waals surface area contributed by atoms with Crippen LogP contribution in [0.25, 0.3) is 17.8 Å². The van der Waals surface area contributed by atoms with Gasteiger partial charge in [0.1, 0.15) is 17.3 Å². The van der Waals surface area contributed by atoms with Gasteiger partial charge in [-0.15, -0.1) is 0 Å². The molecule has 0 fully saturated rings. The molecule has 2 aromatic carbocycles. The highest BCUT2D eigenvalue weighted by molar-refractivity contribution is 5.99. The van der Waals surface area contributed by atoms with E-state index in [-0.39, 0.29) is 17.6 Å². The first-order chi connectivity index (χ1) is 17.0. The molecule has 1 amide bonds. The number of rotatable bonds is 7. The first-order valence-corrected chi connectivity index (χ1v) is 12.0. The highest BCUT2D eigenvalue weighted by Gasteiger charge is 2.30. The summed E-state index contributed by atoms with van der Waals surface area (Å²) in [7, 11) is 1.61. The van der Waals surface area contributed by atoms with Gasteiger partial charge in [-0.2, -0.15) is 0 Å². The fourth-order valence-corrected chi connectivity index (χ4v) is 4.70. The smallest absolute Gasteiger partial charge is 0.265 e. The van der Waals surface area contributed by atoms with Crippen LogP contribution in [0.3, 0.4) is 0 Å². The minimum atomic E-state index is -0.0882. The van der Waals surface area contributed by atoms with E-state index < -0.39 is 0 Å². The summed E-state index contributed by atoms with van der Waals surface area (Å²) in [5.41, 5.74) is 2.23. The quantitative estimate of drug-likeness (QED) is 0.530. The zero-order valence-corrected chi connectivity index (χ0v) is 20.3. The van der Waals surface area contributed by atoms with Gasteiger partial charge in [-0.05, 0) is 63.1 Å². The number of carbonyl (C=O) groups is 1. The lowest BCUT2D eigenvalue weighted by atomic mass is 10.1. The Kier molecular flexibility index (Phi) is 6.16. The molecule has 0 saturated carbocycles. The lowest BCUT2D eigenvalue weighted by Gasteiger charge is -2.18. The maximum absolute atomic E-state index is 13.5. The van der Waals surface area contributed by atoms with Crippen LogP contribution < -0.4 is 25.6 Å². The van der Waals surface area contributed by atoms with E-state index in [2.05, 4.69) is 0 Å². The Morgan fingerprint density at radius 1 is 1.03 bits per heavy atom. The number of benzene rings is 2. The van der Waals surface area contributed by atoms with Gasteiger partial charge in [0.05, 0.1) is 36.0 Å². The molecule has 1 aliphatic heterocycles. The van der Waals surface area contributed by atoms with Gasteiger partial charge in [0.2, 0.25) is 0 Å². The van der Waals surface area contributed by atoms with Gasteiger partial charge in [-0.25, -0.2) is 4.98 Å². The van der Waals surface area contributed by atoms with Crippen molar-refractivity contribution in [3.63, 3.8) is 0 Å². The van der Waals surface area contributed by atoms with Crippen molar-refractivity contribution in [3.05, 3.63) is 80.3 Å². The molecule has 3 aromatic rings. The van der Waals surface area contributed by atoms with Crippen LogP contribution >= 0.6 is 0 Å². The molecule has 0 spiro atoms. The molecule has 1 aromatic heterocycles. The standard InChI is InChI=1S/C28H29N3O4/c1-18(2)35-25-10-6-8-21-23(25)17-30(27(21)32)16-15-26-29-24-9-5-4-7-22(24)28(33)31(26)19-11-13-20(34-3)14-12-19/h6-14,18H,4-5,15-17H2,1-3H3. The third-order valence-electron chi connectivity index (χ3n) is 6.37. The summed E-state index contributed by atoms with van der Waals surface area (Å²) in [5.74, 6) is 2.08. The maximum Gasteiger partial charge on any atom is 0.265 e. The Hall–Kier alpha value is -3.87. The SMILES string of the molecule is COc1ccc(-n2c(CCN3Cc4c(OC(C)C)cccc4C3=O)nc3c(c2=O)=CCCC=3)cc1. The zero-order chi connectivity index (χ0) is 24.5. The molecule has 7 heteroatoms. The van der Waals surface area contributed by atoms with Crippen LogP contribution in [0.1, 0.15) is 48.4 Å². The van der Waals surface area contributed by atoms with Crippen LogP contribution in [0.5, 0.6) is 11.5 Å². The summed E-state index contributed by atoms with van der Waals surface area (Å²) in [6.07, 6.45) is 6.15. The van der Waals surface area contributed by atoms with E-state index in [0.29, 0.717) is 41.9 Å². The first-order valence-electron chi connectivity index (χ1n) is 12.0. The van der Waals surface area contributed by atoms with Crippen LogP contribution in [-0.2, 0) is 13.0 Å². The Labute approximate surface area is 203 Å². The highest BCUT2D eigenvalue weighted by atomic mass is 16.5. The number of aromatic nitrogens is 2. The van der Waals surface area contributed by atoms with E-state index in [0.717, 1.165) is 35.2 Å². The third-order valence-corrected chi connectivity index (χ3v) is 6.37. The molecule has 35 heavy (non-hydrogen) atoms. The van der Waals surface area contributed by atoms with Crippen LogP contribution in [0, 0.1) is 0 Å². The number of ether oxygens (including phenoxy) is 2. The Morgan fingerprint density at radius 3 is 2.54 bits per heavy atom. The number of fused-ring (bicyclic) bond motifs is 2. The van der Waals surface area contributed by atoms with Gasteiger partial charge in [0.25, 0.3) is 11.5 Å². The lowest BCUT2D eigenvalue weighted by molar-refractivity contribution is 0.0779. The number of carbonyl (C=O) groups excluding carboxylic acids is 1. The van der Waals surface area contributed by atoms with Gasteiger partial charge >= 0.3 is 0 Å². The average molecular weight is 472 g/mol. The van der Waals surface area contributed by atoms with Crippen molar-refractivity contribution in [2.45, 2.75) is 45.8 Å². The summed E-state index contributed by atoms with van der Waals surface area (Å²) in [4.78, 5) is 33.3. The van der Waals surface area contributed by atoms with E-state index >= 15 is 0 Å². The summed E-state index contributed by atoms with van der Waals surface area (Å²) < 4.78 is 12.9. The molecule has 0 atom stereocenters. The predicted octanol–water partition coefficient (Wildman–Crippen LogP) is 2.58. The molecule has 0 bridgehead atoms. The second-order valence-corrected chi connectivity index (χ2v) is 9.08. The molecule has 0 saturated heterocycles. The van der Waals surface area contributed by atoms with Crippen molar-refractivity contribution < 1.29 is 14.3 Å². The number of nitrogens with zero attached hydrogens (tertiary/aromatic N) is 3. The number of hydrogen-bond acceptors (Lipinski definition) is 5. The molecule has 2 heterocycles. The Bertz CT molecular complexity index is 1460. The molecular weight excluding hydrogens is 442 g/mol. The first kappa shape index (κ1) is 22.9. The second-order valence-electron chi connectivity index (χ2n) is 9.08. The van der Waals surface area contributed by atoms with E-state index in [4.69, 9.17) is 14.5 Å². The Morgan fingerprint density at radius 2 is 1.80 bits per heavy atom. The van der Waals surface area contributed by atoms with Crippen LogP contribution in [-0.4, -0.2) is 40.1 Å². The Balaban J connectivity index is 1.48. The average Bonchev–Trinajstić information content (AvgIpc) is 3.19. The van der Waals surface area contributed by atoms with Crippen molar-refractivity contribution in [1.29, 1.82) is 0 Å². The summed E-state index contributed by atoms with van der Waals surface area (Å²) in [6.45, 7) is 4.87. The van der Waals surface area contributed by atoms with E-state index in [9.17, 15) is 9.59 Å². The van der Waals surface area contributed by atoms with Gasteiger partial charge in [0, 0.05) is 24.1 Å². The highest BCUT2D eigenvalue weighted by Crippen LogP contribution is 2.31. The summed E-state index contributed by atoms with van der Waals surface area (Å²) in [5, 5.41) is 1.36. The molecule has 0 unspecified atom stereocenters. The maximum atomic E-state index is 13.5. The van der Waals surface area contributed by atoms with Gasteiger partial charge in [-0.3, -0.25) is 14.2 Å². The summed E-state index contributed by atoms with van der Waals surface area (Å²) >= 11 is 0. The number of methoxy groups -OCH3 is 1. The molecule has 1 aliphatic carbocycles.